The molecule has 0 atom stereocenters. The summed E-state index contributed by atoms with van der Waals surface area (Å²) in [6.07, 6.45) is 9.61. The minimum absolute atomic E-state index is 0.885. The molecule has 2 heteroatoms. The Hall–Kier alpha value is -0.603. The zero-order valence-corrected chi connectivity index (χ0v) is 11.7. The molecule has 0 amide bonds. The largest absolute Gasteiger partial charge is 0.416 e. The van der Waals surface area contributed by atoms with Crippen LogP contribution in [-0.4, -0.2) is 14.9 Å². The predicted octanol–water partition coefficient (Wildman–Crippen LogP) is 4.70. The van der Waals surface area contributed by atoms with Gasteiger partial charge in [-0.15, -0.1) is 19.7 Å². The van der Waals surface area contributed by atoms with Gasteiger partial charge in [0, 0.05) is 6.61 Å². The summed E-state index contributed by atoms with van der Waals surface area (Å²) in [6, 6.07) is 2.99. The first kappa shape index (κ1) is 15.4. The summed E-state index contributed by atoms with van der Waals surface area (Å²) in [5, 5.41) is 0. The zero-order valence-electron chi connectivity index (χ0n) is 10.7. The van der Waals surface area contributed by atoms with Gasteiger partial charge in [-0.25, -0.2) is 0 Å². The lowest BCUT2D eigenvalue weighted by Crippen LogP contribution is -2.36. The van der Waals surface area contributed by atoms with Crippen molar-refractivity contribution in [1.29, 1.82) is 0 Å². The van der Waals surface area contributed by atoms with Gasteiger partial charge in [0.2, 0.25) is 8.32 Å². The maximum atomic E-state index is 6.18. The van der Waals surface area contributed by atoms with Crippen molar-refractivity contribution >= 4 is 8.32 Å². The molecule has 0 bridgehead atoms. The Bertz CT molecular complexity index is 184. The Morgan fingerprint density at radius 2 is 1.44 bits per heavy atom. The van der Waals surface area contributed by atoms with Gasteiger partial charge < -0.3 is 4.43 Å². The molecule has 16 heavy (non-hydrogen) atoms. The van der Waals surface area contributed by atoms with Gasteiger partial charge in [-0.05, 0) is 24.6 Å². The first-order chi connectivity index (χ1) is 7.74. The van der Waals surface area contributed by atoms with E-state index in [9.17, 15) is 0 Å². The van der Waals surface area contributed by atoms with E-state index in [1.165, 1.54) is 12.8 Å². The van der Waals surface area contributed by atoms with Crippen LogP contribution in [0.15, 0.2) is 38.0 Å². The molecule has 92 valence electrons. The minimum atomic E-state index is -1.70. The highest BCUT2D eigenvalue weighted by Gasteiger charge is 2.30. The molecular formula is C14H26OSi. The number of rotatable bonds is 11. The van der Waals surface area contributed by atoms with Gasteiger partial charge in [-0.3, -0.25) is 0 Å². The Kier molecular flexibility index (Phi) is 9.25. The quantitative estimate of drug-likeness (QED) is 0.288. The highest BCUT2D eigenvalue weighted by Crippen LogP contribution is 2.24. The lowest BCUT2D eigenvalue weighted by atomic mass is 10.3. The average Bonchev–Trinajstić information content (AvgIpc) is 2.26. The molecule has 0 aromatic heterocycles. The van der Waals surface area contributed by atoms with Crippen LogP contribution < -0.4 is 0 Å². The van der Waals surface area contributed by atoms with E-state index in [4.69, 9.17) is 4.43 Å². The lowest BCUT2D eigenvalue weighted by Gasteiger charge is -2.28. The maximum Gasteiger partial charge on any atom is 0.203 e. The van der Waals surface area contributed by atoms with E-state index >= 15 is 0 Å². The van der Waals surface area contributed by atoms with Crippen molar-refractivity contribution in [2.24, 2.45) is 0 Å². The zero-order chi connectivity index (χ0) is 12.3. The fourth-order valence-electron chi connectivity index (χ4n) is 1.86. The molecule has 0 N–H and O–H groups in total. The fraction of sp³-hybridized carbons (Fsp3) is 0.571. The van der Waals surface area contributed by atoms with Crippen LogP contribution in [0.25, 0.3) is 0 Å². The third-order valence-electron chi connectivity index (χ3n) is 2.71. The summed E-state index contributed by atoms with van der Waals surface area (Å²) in [6.45, 7) is 14.6. The number of hydrogen-bond donors (Lipinski definition) is 0. The normalized spacial score (nSPS) is 11.1. The van der Waals surface area contributed by atoms with Crippen molar-refractivity contribution in [1.82, 2.24) is 0 Å². The molecule has 0 saturated heterocycles. The van der Waals surface area contributed by atoms with E-state index in [0.29, 0.717) is 0 Å². The molecule has 0 unspecified atom stereocenters. The van der Waals surface area contributed by atoms with Gasteiger partial charge >= 0.3 is 0 Å². The van der Waals surface area contributed by atoms with Crippen LogP contribution in [0.2, 0.25) is 18.1 Å². The van der Waals surface area contributed by atoms with Crippen LogP contribution >= 0.6 is 0 Å². The molecule has 0 aliphatic heterocycles. The third-order valence-corrected chi connectivity index (χ3v) is 6.62. The van der Waals surface area contributed by atoms with Gasteiger partial charge in [-0.2, -0.15) is 0 Å². The average molecular weight is 238 g/mol. The summed E-state index contributed by atoms with van der Waals surface area (Å²) >= 11 is 0. The van der Waals surface area contributed by atoms with E-state index in [1.54, 1.807) is 0 Å². The Labute approximate surface area is 102 Å². The second-order valence-corrected chi connectivity index (χ2v) is 8.10. The van der Waals surface area contributed by atoms with Crippen molar-refractivity contribution in [3.8, 4) is 0 Å². The molecule has 0 aliphatic carbocycles. The Morgan fingerprint density at radius 1 is 0.938 bits per heavy atom. The molecule has 0 aliphatic rings. The van der Waals surface area contributed by atoms with Crippen LogP contribution in [0.4, 0.5) is 0 Å². The summed E-state index contributed by atoms with van der Waals surface area (Å²) < 4.78 is 6.18. The van der Waals surface area contributed by atoms with Gasteiger partial charge in [0.25, 0.3) is 0 Å². The van der Waals surface area contributed by atoms with Gasteiger partial charge in [-0.1, -0.05) is 38.0 Å². The smallest absolute Gasteiger partial charge is 0.203 e. The molecule has 1 nitrogen and oxygen atoms in total. The van der Waals surface area contributed by atoms with E-state index in [0.717, 1.165) is 31.2 Å². The molecule has 0 saturated carbocycles. The van der Waals surface area contributed by atoms with Gasteiger partial charge in [0.05, 0.1) is 0 Å². The van der Waals surface area contributed by atoms with E-state index in [2.05, 4.69) is 26.7 Å². The summed E-state index contributed by atoms with van der Waals surface area (Å²) in [5.41, 5.74) is 0. The number of allylic oxidation sites excluding steroid dienone is 3. The summed E-state index contributed by atoms with van der Waals surface area (Å²) in [4.78, 5) is 0. The van der Waals surface area contributed by atoms with Crippen LogP contribution in [-0.2, 0) is 4.43 Å². The number of unbranched alkanes of at least 4 members (excludes halogenated alkanes) is 2. The fourth-order valence-corrected chi connectivity index (χ4v) is 4.87. The monoisotopic (exact) mass is 238 g/mol. The topological polar surface area (TPSA) is 9.23 Å². The molecule has 0 fully saturated rings. The van der Waals surface area contributed by atoms with Crippen LogP contribution in [0.3, 0.4) is 0 Å². The first-order valence-corrected chi connectivity index (χ1v) is 8.74. The Morgan fingerprint density at radius 3 is 1.81 bits per heavy atom. The predicted molar refractivity (Wildman–Crippen MR) is 76.2 cm³/mol. The van der Waals surface area contributed by atoms with E-state index < -0.39 is 8.32 Å². The van der Waals surface area contributed by atoms with Gasteiger partial charge in [0.1, 0.15) is 0 Å². The summed E-state index contributed by atoms with van der Waals surface area (Å²) in [7, 11) is -1.70. The van der Waals surface area contributed by atoms with Gasteiger partial charge in [0.15, 0.2) is 0 Å². The van der Waals surface area contributed by atoms with Crippen molar-refractivity contribution in [2.45, 2.75) is 44.3 Å². The first-order valence-electron chi connectivity index (χ1n) is 6.21. The van der Waals surface area contributed by atoms with Crippen LogP contribution in [0.5, 0.6) is 0 Å². The summed E-state index contributed by atoms with van der Waals surface area (Å²) in [5.74, 6) is 0. The van der Waals surface area contributed by atoms with Crippen molar-refractivity contribution < 1.29 is 4.43 Å². The van der Waals surface area contributed by atoms with Crippen LogP contribution in [0, 0.1) is 0 Å². The van der Waals surface area contributed by atoms with Crippen LogP contribution in [0.1, 0.15) is 26.2 Å². The number of hydrogen-bond acceptors (Lipinski definition) is 1. The molecule has 0 aromatic rings. The van der Waals surface area contributed by atoms with Crippen molar-refractivity contribution in [3.63, 3.8) is 0 Å². The molecular weight excluding hydrogens is 212 g/mol. The highest BCUT2D eigenvalue weighted by molar-refractivity contribution is 6.75. The highest BCUT2D eigenvalue weighted by atomic mass is 28.4. The second kappa shape index (κ2) is 9.61. The molecule has 0 aromatic carbocycles. The van der Waals surface area contributed by atoms with Crippen molar-refractivity contribution in [2.75, 3.05) is 6.61 Å². The maximum absolute atomic E-state index is 6.18. The third kappa shape index (κ3) is 6.08. The molecule has 0 radical (unpaired) electrons. The molecule has 0 heterocycles. The SMILES string of the molecule is C=CC[Si](CC=C)(CC=C)OCCCCC. The lowest BCUT2D eigenvalue weighted by molar-refractivity contribution is 0.293. The molecule has 0 spiro atoms. The Balaban J connectivity index is 4.28. The van der Waals surface area contributed by atoms with E-state index in [-0.39, 0.29) is 0 Å². The van der Waals surface area contributed by atoms with E-state index in [1.807, 2.05) is 18.2 Å². The minimum Gasteiger partial charge on any atom is -0.416 e. The molecule has 0 rings (SSSR count). The second-order valence-electron chi connectivity index (χ2n) is 4.22. The standard InChI is InChI=1S/C14H26OSi/c1-5-9-10-11-15-16(12-6-2,13-7-3)14-8-4/h6-8H,2-5,9-14H2,1H3. The van der Waals surface area contributed by atoms with Crippen molar-refractivity contribution in [3.05, 3.63) is 38.0 Å².